The van der Waals surface area contributed by atoms with Gasteiger partial charge in [0.1, 0.15) is 0 Å². The third-order valence-corrected chi connectivity index (χ3v) is 3.62. The van der Waals surface area contributed by atoms with Gasteiger partial charge >= 0.3 is 18.9 Å². The molecule has 0 atom stereocenters. The van der Waals surface area contributed by atoms with Gasteiger partial charge in [-0.1, -0.05) is 64.5 Å². The molecule has 4 heteroatoms. The molecule has 0 aromatic rings. The summed E-state index contributed by atoms with van der Waals surface area (Å²) < 4.78 is 0. The van der Waals surface area contributed by atoms with E-state index in [2.05, 4.69) is 26.0 Å². The van der Waals surface area contributed by atoms with Crippen molar-refractivity contribution >= 4 is 5.97 Å². The second-order valence-electron chi connectivity index (χ2n) is 5.83. The Morgan fingerprint density at radius 3 is 1.74 bits per heavy atom. The first kappa shape index (κ1) is 24.6. The number of rotatable bonds is 15. The molecule has 0 heterocycles. The molecule has 0 amide bonds. The van der Waals surface area contributed by atoms with E-state index in [1.165, 1.54) is 51.4 Å². The standard InChI is InChI=1S/C19H35NO2.Li/c1-3-5-7-9-11-13-16-20(18-15-19(21)22)17-14-12-10-8-6-4-2;/h13-14,16-17H,3-12,15,18H2,1-2H3,(H,21,22);/q;+1/p-1/b16-13+,17-14+;. The summed E-state index contributed by atoms with van der Waals surface area (Å²) in [6.45, 7) is 4.91. The molecule has 128 valence electrons. The van der Waals surface area contributed by atoms with Crippen molar-refractivity contribution < 1.29 is 28.8 Å². The summed E-state index contributed by atoms with van der Waals surface area (Å²) in [6, 6.07) is 0. The Morgan fingerprint density at radius 2 is 1.35 bits per heavy atom. The van der Waals surface area contributed by atoms with E-state index in [4.69, 9.17) is 0 Å². The molecule has 0 fully saturated rings. The molecular weight excluding hydrogens is 281 g/mol. The molecule has 0 aromatic heterocycles. The average molecular weight is 315 g/mol. The van der Waals surface area contributed by atoms with E-state index in [9.17, 15) is 9.90 Å². The van der Waals surface area contributed by atoms with Crippen LogP contribution in [0, 0.1) is 0 Å². The van der Waals surface area contributed by atoms with Crippen molar-refractivity contribution in [3.8, 4) is 0 Å². The van der Waals surface area contributed by atoms with Crippen LogP contribution in [0.5, 0.6) is 0 Å². The number of allylic oxidation sites excluding steroid dienone is 2. The third kappa shape index (κ3) is 19.3. The fourth-order valence-electron chi connectivity index (χ4n) is 2.22. The van der Waals surface area contributed by atoms with E-state index < -0.39 is 5.97 Å². The monoisotopic (exact) mass is 315 g/mol. The first-order valence-corrected chi connectivity index (χ1v) is 8.99. The van der Waals surface area contributed by atoms with Crippen LogP contribution in [-0.4, -0.2) is 17.4 Å². The van der Waals surface area contributed by atoms with Crippen LogP contribution in [0.25, 0.3) is 0 Å². The van der Waals surface area contributed by atoms with Gasteiger partial charge in [-0.3, -0.25) is 0 Å². The second kappa shape index (κ2) is 19.4. The molecule has 0 aliphatic carbocycles. The average Bonchev–Trinajstić information content (AvgIpc) is 2.50. The van der Waals surface area contributed by atoms with Gasteiger partial charge < -0.3 is 14.8 Å². The molecule has 0 N–H and O–H groups in total. The summed E-state index contributed by atoms with van der Waals surface area (Å²) in [5, 5.41) is 10.6. The predicted molar refractivity (Wildman–Crippen MR) is 92.1 cm³/mol. The molecule has 0 spiro atoms. The van der Waals surface area contributed by atoms with Gasteiger partial charge in [-0.25, -0.2) is 0 Å². The Labute approximate surface area is 155 Å². The van der Waals surface area contributed by atoms with Crippen LogP contribution in [0.4, 0.5) is 0 Å². The zero-order valence-electron chi connectivity index (χ0n) is 15.6. The Morgan fingerprint density at radius 1 is 0.870 bits per heavy atom. The number of hydrogen-bond donors (Lipinski definition) is 0. The van der Waals surface area contributed by atoms with Crippen molar-refractivity contribution in [2.24, 2.45) is 0 Å². The van der Waals surface area contributed by atoms with Crippen LogP contribution in [-0.2, 0) is 4.79 Å². The smallest absolute Gasteiger partial charge is 0.550 e. The molecular formula is C19H34LiNO2. The van der Waals surface area contributed by atoms with Crippen LogP contribution >= 0.6 is 0 Å². The summed E-state index contributed by atoms with van der Waals surface area (Å²) in [5.41, 5.74) is 0. The van der Waals surface area contributed by atoms with Gasteiger partial charge in [0.15, 0.2) is 0 Å². The van der Waals surface area contributed by atoms with Crippen molar-refractivity contribution in [2.45, 2.75) is 84.5 Å². The van der Waals surface area contributed by atoms with Crippen LogP contribution in [0.15, 0.2) is 24.6 Å². The number of hydrogen-bond acceptors (Lipinski definition) is 3. The van der Waals surface area contributed by atoms with Crippen LogP contribution in [0.2, 0.25) is 0 Å². The van der Waals surface area contributed by atoms with E-state index in [1.807, 2.05) is 17.3 Å². The zero-order valence-corrected chi connectivity index (χ0v) is 15.6. The number of nitrogens with zero attached hydrogens (tertiary/aromatic N) is 1. The van der Waals surface area contributed by atoms with E-state index in [0.717, 1.165) is 12.8 Å². The molecule has 0 aromatic carbocycles. The van der Waals surface area contributed by atoms with Gasteiger partial charge in [-0.05, 0) is 38.1 Å². The number of unbranched alkanes of at least 4 members (excludes halogenated alkanes) is 8. The van der Waals surface area contributed by atoms with Gasteiger partial charge in [0, 0.05) is 18.9 Å². The molecule has 0 saturated carbocycles. The minimum Gasteiger partial charge on any atom is -0.550 e. The van der Waals surface area contributed by atoms with Crippen LogP contribution in [0.1, 0.15) is 84.5 Å². The normalized spacial score (nSPS) is 11.0. The Bertz CT molecular complexity index is 294. The number of carboxylic acid groups (broad SMARTS) is 1. The summed E-state index contributed by atoms with van der Waals surface area (Å²) in [7, 11) is 0. The van der Waals surface area contributed by atoms with Crippen molar-refractivity contribution in [3.05, 3.63) is 24.6 Å². The van der Waals surface area contributed by atoms with Crippen molar-refractivity contribution in [1.82, 2.24) is 4.90 Å². The van der Waals surface area contributed by atoms with Gasteiger partial charge in [0.05, 0.1) is 0 Å². The topological polar surface area (TPSA) is 43.4 Å². The predicted octanol–water partition coefficient (Wildman–Crippen LogP) is 1.40. The Balaban J connectivity index is 0. The van der Waals surface area contributed by atoms with Crippen molar-refractivity contribution in [1.29, 1.82) is 0 Å². The van der Waals surface area contributed by atoms with Gasteiger partial charge in [-0.2, -0.15) is 0 Å². The van der Waals surface area contributed by atoms with Gasteiger partial charge in [-0.15, -0.1) is 0 Å². The molecule has 0 saturated heterocycles. The molecule has 0 bridgehead atoms. The van der Waals surface area contributed by atoms with E-state index in [1.54, 1.807) is 0 Å². The number of aliphatic carboxylic acids is 1. The SMILES string of the molecule is CCCCCC/C=C/N(/C=C/CCCCCC)CCC(=O)[O-].[Li+]. The minimum absolute atomic E-state index is 0. The van der Waals surface area contributed by atoms with Gasteiger partial charge in [0.25, 0.3) is 0 Å². The molecule has 3 nitrogen and oxygen atoms in total. The first-order chi connectivity index (χ1) is 10.7. The quantitative estimate of drug-likeness (QED) is 0.339. The summed E-state index contributed by atoms with van der Waals surface area (Å²) in [5.74, 6) is -0.988. The maximum absolute atomic E-state index is 10.6. The molecule has 0 unspecified atom stereocenters. The maximum Gasteiger partial charge on any atom is 1.00 e. The van der Waals surface area contributed by atoms with E-state index in [-0.39, 0.29) is 25.3 Å². The van der Waals surface area contributed by atoms with E-state index in [0.29, 0.717) is 6.54 Å². The fourth-order valence-corrected chi connectivity index (χ4v) is 2.22. The summed E-state index contributed by atoms with van der Waals surface area (Å²) in [4.78, 5) is 12.6. The number of carbonyl (C=O) groups excluding carboxylic acids is 1. The third-order valence-electron chi connectivity index (χ3n) is 3.62. The summed E-state index contributed by atoms with van der Waals surface area (Å²) >= 11 is 0. The number of carbonyl (C=O) groups is 1. The molecule has 0 radical (unpaired) electrons. The zero-order chi connectivity index (χ0) is 16.5. The fraction of sp³-hybridized carbons (Fsp3) is 0.737. The van der Waals surface area contributed by atoms with Crippen LogP contribution in [0.3, 0.4) is 0 Å². The molecule has 0 rings (SSSR count). The second-order valence-corrected chi connectivity index (χ2v) is 5.83. The molecule has 0 aliphatic rings. The molecule has 0 aliphatic heterocycles. The van der Waals surface area contributed by atoms with Crippen LogP contribution < -0.4 is 24.0 Å². The largest absolute Gasteiger partial charge is 1.00 e. The van der Waals surface area contributed by atoms with Crippen molar-refractivity contribution in [3.63, 3.8) is 0 Å². The van der Waals surface area contributed by atoms with E-state index >= 15 is 0 Å². The maximum atomic E-state index is 10.6. The Hall–Kier alpha value is -0.653. The molecule has 23 heavy (non-hydrogen) atoms. The number of carboxylic acids is 1. The Kier molecular flexibility index (Phi) is 20.7. The van der Waals surface area contributed by atoms with Gasteiger partial charge in [0.2, 0.25) is 0 Å². The minimum atomic E-state index is -0.988. The van der Waals surface area contributed by atoms with Crippen molar-refractivity contribution in [2.75, 3.05) is 6.54 Å². The summed E-state index contributed by atoms with van der Waals surface area (Å²) in [6.07, 6.45) is 20.6. The first-order valence-electron chi connectivity index (χ1n) is 8.99.